The van der Waals surface area contributed by atoms with Crippen molar-refractivity contribution in [3.05, 3.63) is 0 Å². The molecular weight excluding hydrogens is 242 g/mol. The van der Waals surface area contributed by atoms with Crippen LogP contribution in [0.5, 0.6) is 0 Å². The molecule has 0 bridgehead atoms. The van der Waals surface area contributed by atoms with Crippen LogP contribution in [0.3, 0.4) is 0 Å². The minimum atomic E-state index is -2.87. The van der Waals surface area contributed by atoms with E-state index in [1.165, 1.54) is 21.1 Å². The van der Waals surface area contributed by atoms with E-state index < -0.39 is 8.80 Å². The van der Waals surface area contributed by atoms with Gasteiger partial charge in [0.05, 0.1) is 12.3 Å². The van der Waals surface area contributed by atoms with E-state index in [4.69, 9.17) is 23.7 Å². The van der Waals surface area contributed by atoms with Gasteiger partial charge >= 0.3 is 14.8 Å². The molecule has 0 aromatic heterocycles. The number of hydrogen-bond donors (Lipinski definition) is 1. The average Bonchev–Trinajstić information content (AvgIpc) is 2.29. The topological polar surface area (TPSA) is 80.0 Å². The lowest BCUT2D eigenvalue weighted by Gasteiger charge is -2.31. The molecule has 0 spiro atoms. The van der Waals surface area contributed by atoms with Crippen LogP contribution in [-0.2, 0) is 22.8 Å². The maximum Gasteiger partial charge on any atom is 0.518 e. The zero-order valence-corrected chi connectivity index (χ0v) is 12.2. The first-order valence-electron chi connectivity index (χ1n) is 5.58. The Kier molecular flexibility index (Phi) is 7.56. The van der Waals surface area contributed by atoms with E-state index in [0.29, 0.717) is 6.42 Å². The fourth-order valence-corrected chi connectivity index (χ4v) is 3.60. The molecule has 0 heterocycles. The highest BCUT2D eigenvalue weighted by Gasteiger charge is 2.45. The predicted octanol–water partition coefficient (Wildman–Crippen LogP) is 0.463. The number of hydrogen-bond acceptors (Lipinski definition) is 6. The van der Waals surface area contributed by atoms with Crippen molar-refractivity contribution in [1.29, 1.82) is 0 Å². The number of nitrogens with two attached hydrogens (primary N) is 1. The van der Waals surface area contributed by atoms with Gasteiger partial charge in [0.15, 0.2) is 0 Å². The summed E-state index contributed by atoms with van der Waals surface area (Å²) in [5.41, 5.74) is 5.65. The third kappa shape index (κ3) is 5.13. The van der Waals surface area contributed by atoms with Crippen LogP contribution >= 0.6 is 0 Å². The summed E-state index contributed by atoms with van der Waals surface area (Å²) < 4.78 is 21.2. The van der Waals surface area contributed by atoms with Crippen molar-refractivity contribution >= 4 is 14.8 Å². The second-order valence-electron chi connectivity index (χ2n) is 3.76. The summed E-state index contributed by atoms with van der Waals surface area (Å²) in [6, 6.07) is 0. The highest BCUT2D eigenvalue weighted by Crippen LogP contribution is 2.14. The van der Waals surface area contributed by atoms with Crippen molar-refractivity contribution < 1.29 is 22.8 Å². The van der Waals surface area contributed by atoms with Crippen LogP contribution in [0, 0.1) is 0 Å². The van der Waals surface area contributed by atoms with Gasteiger partial charge in [0, 0.05) is 21.1 Å². The van der Waals surface area contributed by atoms with E-state index in [9.17, 15) is 4.79 Å². The van der Waals surface area contributed by atoms with Crippen molar-refractivity contribution in [3.63, 3.8) is 0 Å². The molecule has 2 atom stereocenters. The first kappa shape index (κ1) is 16.5. The van der Waals surface area contributed by atoms with Gasteiger partial charge in [0.2, 0.25) is 0 Å². The molecule has 0 rings (SSSR count). The molecule has 0 aliphatic carbocycles. The Bertz CT molecular complexity index is 235. The van der Waals surface area contributed by atoms with Crippen molar-refractivity contribution in [2.75, 3.05) is 20.8 Å². The fourth-order valence-electron chi connectivity index (χ4n) is 1.41. The number of esters is 1. The summed E-state index contributed by atoms with van der Waals surface area (Å²) in [6.45, 7) is 5.24. The molecule has 0 aliphatic rings. The molecule has 0 saturated heterocycles. The third-order valence-electron chi connectivity index (χ3n) is 2.35. The Hall–Kier alpha value is -0.473. The summed E-state index contributed by atoms with van der Waals surface area (Å²) in [7, 11) is 0.157. The molecule has 2 N–H and O–H groups in total. The molecule has 0 aromatic rings. The van der Waals surface area contributed by atoms with Gasteiger partial charge in [-0.3, -0.25) is 4.79 Å². The molecule has 7 heteroatoms. The van der Waals surface area contributed by atoms with Gasteiger partial charge in [0.1, 0.15) is 6.10 Å². The fraction of sp³-hybridized carbons (Fsp3) is 0.900. The van der Waals surface area contributed by atoms with E-state index in [1.54, 1.807) is 6.92 Å². The van der Waals surface area contributed by atoms with Crippen LogP contribution in [0.2, 0.25) is 0 Å². The summed E-state index contributed by atoms with van der Waals surface area (Å²) in [5.74, 6) is -0.344. The lowest BCUT2D eigenvalue weighted by atomic mass is 10.4. The van der Waals surface area contributed by atoms with Crippen molar-refractivity contribution in [2.24, 2.45) is 5.73 Å². The van der Waals surface area contributed by atoms with E-state index in [1.807, 2.05) is 6.92 Å². The molecule has 0 aromatic carbocycles. The largest absolute Gasteiger partial charge is 0.518 e. The first-order chi connectivity index (χ1) is 7.91. The number of rotatable bonds is 8. The van der Waals surface area contributed by atoms with Crippen molar-refractivity contribution in [1.82, 2.24) is 0 Å². The Balaban J connectivity index is 4.40. The Morgan fingerprint density at radius 1 is 1.35 bits per heavy atom. The Labute approximate surface area is 104 Å². The van der Waals surface area contributed by atoms with E-state index in [0.717, 1.165) is 0 Å². The smallest absolute Gasteiger partial charge is 0.460 e. The Morgan fingerprint density at radius 2 is 1.88 bits per heavy atom. The van der Waals surface area contributed by atoms with Gasteiger partial charge in [-0.1, -0.05) is 6.92 Å². The third-order valence-corrected chi connectivity index (χ3v) is 5.37. The standard InChI is InChI=1S/C10H23NO5Si/c1-6-10(11)17(13-4,14-5)15-7-8(2)16-9(3)12/h8,10H,6-7,11H2,1-5H3. The molecule has 0 radical (unpaired) electrons. The van der Waals surface area contributed by atoms with Crippen LogP contribution in [0.15, 0.2) is 0 Å². The van der Waals surface area contributed by atoms with E-state index in [2.05, 4.69) is 0 Å². The maximum absolute atomic E-state index is 10.8. The lowest BCUT2D eigenvalue weighted by molar-refractivity contribution is -0.147. The molecule has 0 fully saturated rings. The molecule has 102 valence electrons. The van der Waals surface area contributed by atoms with E-state index >= 15 is 0 Å². The molecule has 0 aliphatic heterocycles. The summed E-state index contributed by atoms with van der Waals surface area (Å²) in [4.78, 5) is 10.8. The highest BCUT2D eigenvalue weighted by molar-refractivity contribution is 6.62. The second-order valence-corrected chi connectivity index (χ2v) is 6.81. The second kappa shape index (κ2) is 7.78. The number of carbonyl (C=O) groups excluding carboxylic acids is 1. The SMILES string of the molecule is CCC(N)[Si](OC)(OC)OCC(C)OC(C)=O. The Morgan fingerprint density at radius 3 is 2.24 bits per heavy atom. The van der Waals surface area contributed by atoms with Gasteiger partial charge in [-0.15, -0.1) is 0 Å². The maximum atomic E-state index is 10.8. The minimum Gasteiger partial charge on any atom is -0.460 e. The van der Waals surface area contributed by atoms with E-state index in [-0.39, 0.29) is 24.3 Å². The average molecular weight is 265 g/mol. The van der Waals surface area contributed by atoms with Gasteiger partial charge in [-0.05, 0) is 13.3 Å². The van der Waals surface area contributed by atoms with Crippen LogP contribution in [0.25, 0.3) is 0 Å². The summed E-state index contributed by atoms with van der Waals surface area (Å²) >= 11 is 0. The van der Waals surface area contributed by atoms with Crippen LogP contribution < -0.4 is 5.73 Å². The van der Waals surface area contributed by atoms with Gasteiger partial charge in [-0.2, -0.15) is 0 Å². The van der Waals surface area contributed by atoms with Gasteiger partial charge in [-0.25, -0.2) is 0 Å². The minimum absolute atomic E-state index is 0.210. The number of carbonyl (C=O) groups is 1. The zero-order chi connectivity index (χ0) is 13.5. The molecule has 2 unspecified atom stereocenters. The van der Waals surface area contributed by atoms with Crippen LogP contribution in [0.1, 0.15) is 27.2 Å². The zero-order valence-electron chi connectivity index (χ0n) is 11.2. The highest BCUT2D eigenvalue weighted by atomic mass is 28.4. The van der Waals surface area contributed by atoms with Gasteiger partial charge < -0.3 is 23.7 Å². The quantitative estimate of drug-likeness (QED) is 0.507. The monoisotopic (exact) mass is 265 g/mol. The first-order valence-corrected chi connectivity index (χ1v) is 7.39. The van der Waals surface area contributed by atoms with Crippen LogP contribution in [0.4, 0.5) is 0 Å². The van der Waals surface area contributed by atoms with Crippen molar-refractivity contribution in [2.45, 2.75) is 39.0 Å². The molecule has 6 nitrogen and oxygen atoms in total. The lowest BCUT2D eigenvalue weighted by Crippen LogP contribution is -2.59. The molecule has 0 amide bonds. The molecule has 0 saturated carbocycles. The number of ether oxygens (including phenoxy) is 1. The van der Waals surface area contributed by atoms with Crippen LogP contribution in [-0.4, -0.2) is 47.4 Å². The molecule has 17 heavy (non-hydrogen) atoms. The predicted molar refractivity (Wildman–Crippen MR) is 65.2 cm³/mol. The van der Waals surface area contributed by atoms with Crippen molar-refractivity contribution in [3.8, 4) is 0 Å². The summed E-state index contributed by atoms with van der Waals surface area (Å²) in [6.07, 6.45) is 0.337. The molecular formula is C10H23NO5Si. The van der Waals surface area contributed by atoms with Gasteiger partial charge in [0.25, 0.3) is 0 Å². The summed E-state index contributed by atoms with van der Waals surface area (Å²) in [5, 5.41) is 0. The normalized spacial score (nSPS) is 15.4.